The topological polar surface area (TPSA) is 58.1 Å². The molecule has 0 spiro atoms. The molecule has 1 aromatic carbocycles. The van der Waals surface area contributed by atoms with E-state index >= 15 is 0 Å². The zero-order valence-corrected chi connectivity index (χ0v) is 11.3. The van der Waals surface area contributed by atoms with E-state index in [1.807, 2.05) is 12.1 Å². The average Bonchev–Trinajstić information content (AvgIpc) is 2.48. The smallest absolute Gasteiger partial charge is 0.275 e. The minimum Gasteiger partial charge on any atom is -0.374 e. The summed E-state index contributed by atoms with van der Waals surface area (Å²) in [4.78, 5) is 22.2. The SMILES string of the molecule is CN1CCCc2cc(NC(=O)c3cnccn3)ccc21. The summed E-state index contributed by atoms with van der Waals surface area (Å²) in [6.07, 6.45) is 6.71. The fourth-order valence-electron chi connectivity index (χ4n) is 2.47. The van der Waals surface area contributed by atoms with Gasteiger partial charge >= 0.3 is 0 Å². The van der Waals surface area contributed by atoms with Gasteiger partial charge in [0.05, 0.1) is 6.20 Å². The minimum atomic E-state index is -0.234. The van der Waals surface area contributed by atoms with Crippen molar-refractivity contribution in [2.24, 2.45) is 0 Å². The fourth-order valence-corrected chi connectivity index (χ4v) is 2.47. The van der Waals surface area contributed by atoms with Crippen molar-refractivity contribution in [3.8, 4) is 0 Å². The molecular weight excluding hydrogens is 252 g/mol. The number of amides is 1. The molecule has 0 atom stereocenters. The summed E-state index contributed by atoms with van der Waals surface area (Å²) in [5.41, 5.74) is 3.64. The number of nitrogens with one attached hydrogen (secondary N) is 1. The van der Waals surface area contributed by atoms with Gasteiger partial charge in [0.25, 0.3) is 5.91 Å². The van der Waals surface area contributed by atoms with E-state index in [9.17, 15) is 4.79 Å². The maximum atomic E-state index is 12.0. The van der Waals surface area contributed by atoms with Gasteiger partial charge in [-0.2, -0.15) is 0 Å². The number of anilines is 2. The van der Waals surface area contributed by atoms with Gasteiger partial charge in [0.1, 0.15) is 5.69 Å². The average molecular weight is 268 g/mol. The van der Waals surface area contributed by atoms with E-state index < -0.39 is 0 Å². The first kappa shape index (κ1) is 12.6. The number of rotatable bonds is 2. The lowest BCUT2D eigenvalue weighted by molar-refractivity contribution is 0.102. The van der Waals surface area contributed by atoms with Crippen molar-refractivity contribution in [3.63, 3.8) is 0 Å². The van der Waals surface area contributed by atoms with E-state index in [0.717, 1.165) is 25.1 Å². The predicted molar refractivity (Wildman–Crippen MR) is 78.0 cm³/mol. The molecule has 0 saturated carbocycles. The maximum absolute atomic E-state index is 12.0. The molecule has 1 amide bonds. The van der Waals surface area contributed by atoms with Crippen LogP contribution in [0.5, 0.6) is 0 Å². The number of fused-ring (bicyclic) bond motifs is 1. The van der Waals surface area contributed by atoms with Crippen LogP contribution in [0.3, 0.4) is 0 Å². The van der Waals surface area contributed by atoms with E-state index in [1.54, 1.807) is 6.20 Å². The van der Waals surface area contributed by atoms with Crippen LogP contribution in [-0.4, -0.2) is 29.5 Å². The van der Waals surface area contributed by atoms with Gasteiger partial charge in [-0.15, -0.1) is 0 Å². The number of benzene rings is 1. The standard InChI is InChI=1S/C15H16N4O/c1-19-8-2-3-11-9-12(4-5-14(11)19)18-15(20)13-10-16-6-7-17-13/h4-7,9-10H,2-3,8H2,1H3,(H,18,20). The molecule has 1 aromatic heterocycles. The Kier molecular flexibility index (Phi) is 3.33. The summed E-state index contributed by atoms with van der Waals surface area (Å²) in [7, 11) is 2.09. The second-order valence-corrected chi connectivity index (χ2v) is 4.91. The maximum Gasteiger partial charge on any atom is 0.275 e. The molecule has 0 bridgehead atoms. The monoisotopic (exact) mass is 268 g/mol. The molecule has 3 rings (SSSR count). The highest BCUT2D eigenvalue weighted by Gasteiger charge is 2.15. The molecule has 1 N–H and O–H groups in total. The quantitative estimate of drug-likeness (QED) is 0.906. The molecule has 5 nitrogen and oxygen atoms in total. The third-order valence-corrected chi connectivity index (χ3v) is 3.48. The second kappa shape index (κ2) is 5.28. The number of carbonyl (C=O) groups excluding carboxylic acids is 1. The highest BCUT2D eigenvalue weighted by Crippen LogP contribution is 2.28. The summed E-state index contributed by atoms with van der Waals surface area (Å²) >= 11 is 0. The third-order valence-electron chi connectivity index (χ3n) is 3.48. The first-order valence-corrected chi connectivity index (χ1v) is 6.65. The Hall–Kier alpha value is -2.43. The number of aryl methyl sites for hydroxylation is 1. The van der Waals surface area contributed by atoms with Crippen LogP contribution < -0.4 is 10.2 Å². The van der Waals surface area contributed by atoms with Crippen molar-refractivity contribution in [1.29, 1.82) is 0 Å². The third kappa shape index (κ3) is 2.47. The van der Waals surface area contributed by atoms with Crippen LogP contribution in [0, 0.1) is 0 Å². The first-order chi connectivity index (χ1) is 9.74. The number of hydrogen-bond donors (Lipinski definition) is 1. The molecule has 20 heavy (non-hydrogen) atoms. The highest BCUT2D eigenvalue weighted by molar-refractivity contribution is 6.02. The second-order valence-electron chi connectivity index (χ2n) is 4.91. The Morgan fingerprint density at radius 3 is 3.05 bits per heavy atom. The lowest BCUT2D eigenvalue weighted by Crippen LogP contribution is -2.24. The number of nitrogens with zero attached hydrogens (tertiary/aromatic N) is 3. The molecule has 2 aromatic rings. The Morgan fingerprint density at radius 1 is 1.35 bits per heavy atom. The lowest BCUT2D eigenvalue weighted by atomic mass is 10.0. The molecule has 2 heterocycles. The van der Waals surface area contributed by atoms with Gasteiger partial charge in [0.15, 0.2) is 0 Å². The van der Waals surface area contributed by atoms with Gasteiger partial charge in [0, 0.05) is 37.4 Å². The van der Waals surface area contributed by atoms with Crippen molar-refractivity contribution in [1.82, 2.24) is 9.97 Å². The van der Waals surface area contributed by atoms with Crippen LogP contribution >= 0.6 is 0 Å². The van der Waals surface area contributed by atoms with E-state index in [-0.39, 0.29) is 5.91 Å². The fraction of sp³-hybridized carbons (Fsp3) is 0.267. The van der Waals surface area contributed by atoms with Crippen molar-refractivity contribution >= 4 is 17.3 Å². The summed E-state index contributed by atoms with van der Waals surface area (Å²) in [5, 5.41) is 2.86. The van der Waals surface area contributed by atoms with Crippen molar-refractivity contribution < 1.29 is 4.79 Å². The zero-order chi connectivity index (χ0) is 13.9. The Balaban J connectivity index is 1.80. The van der Waals surface area contributed by atoms with Crippen LogP contribution in [-0.2, 0) is 6.42 Å². The van der Waals surface area contributed by atoms with Gasteiger partial charge in [-0.25, -0.2) is 4.98 Å². The van der Waals surface area contributed by atoms with E-state index in [4.69, 9.17) is 0 Å². The van der Waals surface area contributed by atoms with Crippen LogP contribution in [0.15, 0.2) is 36.8 Å². The number of carbonyl (C=O) groups is 1. The predicted octanol–water partition coefficient (Wildman–Crippen LogP) is 2.11. The van der Waals surface area contributed by atoms with Crippen molar-refractivity contribution in [2.45, 2.75) is 12.8 Å². The molecule has 102 valence electrons. The summed E-state index contributed by atoms with van der Waals surface area (Å²) in [6.45, 7) is 1.08. The molecule has 0 fully saturated rings. The Morgan fingerprint density at radius 2 is 2.25 bits per heavy atom. The van der Waals surface area contributed by atoms with E-state index in [1.165, 1.54) is 23.6 Å². The molecule has 5 heteroatoms. The van der Waals surface area contributed by atoms with Crippen molar-refractivity contribution in [2.75, 3.05) is 23.8 Å². The van der Waals surface area contributed by atoms with Crippen LogP contribution in [0.2, 0.25) is 0 Å². The minimum absolute atomic E-state index is 0.234. The number of hydrogen-bond acceptors (Lipinski definition) is 4. The largest absolute Gasteiger partial charge is 0.374 e. The molecule has 0 unspecified atom stereocenters. The normalized spacial score (nSPS) is 13.8. The zero-order valence-electron chi connectivity index (χ0n) is 11.3. The summed E-state index contributed by atoms with van der Waals surface area (Å²) in [5.74, 6) is -0.234. The van der Waals surface area contributed by atoms with E-state index in [0.29, 0.717) is 5.69 Å². The van der Waals surface area contributed by atoms with Gasteiger partial charge in [-0.1, -0.05) is 0 Å². The highest BCUT2D eigenvalue weighted by atomic mass is 16.1. The van der Waals surface area contributed by atoms with Crippen LogP contribution in [0.25, 0.3) is 0 Å². The van der Waals surface area contributed by atoms with Gasteiger partial charge < -0.3 is 10.2 Å². The van der Waals surface area contributed by atoms with E-state index in [2.05, 4.69) is 33.3 Å². The molecule has 1 aliphatic rings. The molecular formula is C15H16N4O. The van der Waals surface area contributed by atoms with Gasteiger partial charge in [-0.3, -0.25) is 9.78 Å². The molecule has 0 saturated heterocycles. The molecule has 0 radical (unpaired) electrons. The van der Waals surface area contributed by atoms with Gasteiger partial charge in [-0.05, 0) is 36.6 Å². The van der Waals surface area contributed by atoms with Gasteiger partial charge in [0.2, 0.25) is 0 Å². The lowest BCUT2D eigenvalue weighted by Gasteiger charge is -2.27. The van der Waals surface area contributed by atoms with Crippen LogP contribution in [0.4, 0.5) is 11.4 Å². The first-order valence-electron chi connectivity index (χ1n) is 6.65. The number of aromatic nitrogens is 2. The van der Waals surface area contributed by atoms with Crippen molar-refractivity contribution in [3.05, 3.63) is 48.0 Å². The summed E-state index contributed by atoms with van der Waals surface area (Å²) < 4.78 is 0. The summed E-state index contributed by atoms with van der Waals surface area (Å²) in [6, 6.07) is 6.02. The Bertz CT molecular complexity index is 627. The van der Waals surface area contributed by atoms with Crippen LogP contribution in [0.1, 0.15) is 22.5 Å². The molecule has 0 aliphatic carbocycles. The molecule has 1 aliphatic heterocycles. The Labute approximate surface area is 117 Å².